The Hall–Kier alpha value is -2.59. The van der Waals surface area contributed by atoms with E-state index in [-0.39, 0.29) is 12.4 Å². The number of nitrogens with zero attached hydrogens (tertiary/aromatic N) is 4. The zero-order valence-corrected chi connectivity index (χ0v) is 21.8. The first kappa shape index (κ1) is 26.0. The topological polar surface area (TPSA) is 74.1 Å². The summed E-state index contributed by atoms with van der Waals surface area (Å²) in [6.45, 7) is 1.99. The van der Waals surface area contributed by atoms with Crippen molar-refractivity contribution < 1.29 is 9.47 Å². The van der Waals surface area contributed by atoms with E-state index in [2.05, 4.69) is 42.8 Å². The van der Waals surface area contributed by atoms with Crippen LogP contribution in [0.2, 0.25) is 0 Å². The van der Waals surface area contributed by atoms with E-state index in [9.17, 15) is 0 Å². The quantitative estimate of drug-likeness (QED) is 0.196. The van der Waals surface area contributed by atoms with Crippen molar-refractivity contribution in [2.24, 2.45) is 0 Å². The second-order valence-electron chi connectivity index (χ2n) is 7.12. The molecule has 178 valence electrons. The van der Waals surface area contributed by atoms with E-state index in [0.29, 0.717) is 24.7 Å². The molecule has 4 aromatic rings. The molecule has 0 aliphatic heterocycles. The molecule has 0 saturated heterocycles. The lowest BCUT2D eigenvalue weighted by molar-refractivity contribution is 0.282. The third-order valence-corrected chi connectivity index (χ3v) is 6.31. The monoisotopic (exact) mass is 561 g/mol. The zero-order chi connectivity index (χ0) is 22.9. The molecular formula is C24H25BrClN5O2S. The van der Waals surface area contributed by atoms with E-state index in [1.165, 1.54) is 0 Å². The standard InChI is InChI=1S/C24H24BrN5O2S.ClH/c1-31-22-15-19(14-21(25)23(22)32-17-18-8-4-2-5-9-18)16-26-12-13-33-24-27-28-29-30(24)20-10-6-3-7-11-20;/h2-11,14-15,26H,12-13,16-17H2,1H3;1H. The number of halogens is 2. The minimum Gasteiger partial charge on any atom is -0.493 e. The van der Waals surface area contributed by atoms with Gasteiger partial charge in [0.15, 0.2) is 11.5 Å². The van der Waals surface area contributed by atoms with Gasteiger partial charge in [0.05, 0.1) is 17.3 Å². The number of tetrazole rings is 1. The highest BCUT2D eigenvalue weighted by Crippen LogP contribution is 2.37. The molecule has 0 amide bonds. The summed E-state index contributed by atoms with van der Waals surface area (Å²) in [5, 5.41) is 16.3. The van der Waals surface area contributed by atoms with E-state index < -0.39 is 0 Å². The molecule has 10 heteroatoms. The molecule has 0 atom stereocenters. The number of aromatic nitrogens is 4. The van der Waals surface area contributed by atoms with Crippen LogP contribution in [-0.4, -0.2) is 39.6 Å². The van der Waals surface area contributed by atoms with Crippen LogP contribution in [0.4, 0.5) is 0 Å². The molecule has 34 heavy (non-hydrogen) atoms. The lowest BCUT2D eigenvalue weighted by atomic mass is 10.2. The number of thioether (sulfide) groups is 1. The Bertz CT molecular complexity index is 1160. The first-order valence-corrected chi connectivity index (χ1v) is 12.2. The van der Waals surface area contributed by atoms with Gasteiger partial charge in [0, 0.05) is 18.8 Å². The van der Waals surface area contributed by atoms with Crippen LogP contribution in [0.15, 0.2) is 82.4 Å². The second-order valence-corrected chi connectivity index (χ2v) is 9.03. The van der Waals surface area contributed by atoms with Gasteiger partial charge in [-0.05, 0) is 61.7 Å². The molecule has 0 aliphatic rings. The smallest absolute Gasteiger partial charge is 0.214 e. The number of rotatable bonds is 11. The summed E-state index contributed by atoms with van der Waals surface area (Å²) in [7, 11) is 1.65. The number of benzene rings is 3. The molecule has 0 aliphatic carbocycles. The van der Waals surface area contributed by atoms with Gasteiger partial charge in [-0.1, -0.05) is 60.3 Å². The van der Waals surface area contributed by atoms with Crippen molar-refractivity contribution in [3.63, 3.8) is 0 Å². The molecule has 0 unspecified atom stereocenters. The Kier molecular flexibility index (Phi) is 10.2. The Morgan fingerprint density at radius 3 is 2.47 bits per heavy atom. The molecule has 0 saturated carbocycles. The van der Waals surface area contributed by atoms with Gasteiger partial charge in [-0.25, -0.2) is 0 Å². The minimum absolute atomic E-state index is 0. The predicted molar refractivity (Wildman–Crippen MR) is 140 cm³/mol. The summed E-state index contributed by atoms with van der Waals surface area (Å²) >= 11 is 5.24. The van der Waals surface area contributed by atoms with Crippen molar-refractivity contribution >= 4 is 40.1 Å². The van der Waals surface area contributed by atoms with E-state index in [1.807, 2.05) is 66.7 Å². The zero-order valence-electron chi connectivity index (χ0n) is 18.6. The fraction of sp³-hybridized carbons (Fsp3) is 0.208. The normalized spacial score (nSPS) is 10.5. The number of ether oxygens (including phenoxy) is 2. The van der Waals surface area contributed by atoms with Crippen molar-refractivity contribution in [3.8, 4) is 17.2 Å². The first-order valence-electron chi connectivity index (χ1n) is 10.4. The average molecular weight is 563 g/mol. The maximum Gasteiger partial charge on any atom is 0.214 e. The third-order valence-electron chi connectivity index (χ3n) is 4.80. The number of methoxy groups -OCH3 is 1. The van der Waals surface area contributed by atoms with Gasteiger partial charge in [0.25, 0.3) is 0 Å². The minimum atomic E-state index is 0. The van der Waals surface area contributed by atoms with Gasteiger partial charge >= 0.3 is 0 Å². The number of para-hydroxylation sites is 1. The average Bonchev–Trinajstić information content (AvgIpc) is 3.32. The summed E-state index contributed by atoms with van der Waals surface area (Å²) < 4.78 is 14.2. The number of nitrogens with one attached hydrogen (secondary N) is 1. The van der Waals surface area contributed by atoms with Gasteiger partial charge in [0.2, 0.25) is 5.16 Å². The van der Waals surface area contributed by atoms with Crippen LogP contribution < -0.4 is 14.8 Å². The molecule has 0 spiro atoms. The first-order chi connectivity index (χ1) is 16.2. The van der Waals surface area contributed by atoms with Crippen LogP contribution in [0.5, 0.6) is 11.5 Å². The SMILES string of the molecule is COc1cc(CNCCSc2nnnn2-c2ccccc2)cc(Br)c1OCc1ccccc1.Cl. The van der Waals surface area contributed by atoms with Crippen molar-refractivity contribution in [1.29, 1.82) is 0 Å². The molecule has 0 bridgehead atoms. The fourth-order valence-corrected chi connectivity index (χ4v) is 4.58. The van der Waals surface area contributed by atoms with Crippen LogP contribution in [0.3, 0.4) is 0 Å². The summed E-state index contributed by atoms with van der Waals surface area (Å²) in [5.41, 5.74) is 3.15. The van der Waals surface area contributed by atoms with Crippen molar-refractivity contribution in [2.45, 2.75) is 18.3 Å². The van der Waals surface area contributed by atoms with Crippen LogP contribution >= 0.6 is 40.1 Å². The Labute approximate surface area is 217 Å². The van der Waals surface area contributed by atoms with E-state index in [4.69, 9.17) is 9.47 Å². The number of hydrogen-bond acceptors (Lipinski definition) is 7. The molecule has 1 N–H and O–H groups in total. The highest BCUT2D eigenvalue weighted by molar-refractivity contribution is 9.10. The van der Waals surface area contributed by atoms with Crippen LogP contribution in [0.25, 0.3) is 5.69 Å². The third kappa shape index (κ3) is 6.96. The highest BCUT2D eigenvalue weighted by atomic mass is 79.9. The predicted octanol–water partition coefficient (Wildman–Crippen LogP) is 5.32. The maximum atomic E-state index is 6.02. The summed E-state index contributed by atoms with van der Waals surface area (Å²) in [6, 6.07) is 24.0. The molecule has 1 aromatic heterocycles. The molecule has 0 radical (unpaired) electrons. The molecule has 7 nitrogen and oxygen atoms in total. The Morgan fingerprint density at radius 2 is 1.74 bits per heavy atom. The molecule has 0 fully saturated rings. The maximum absolute atomic E-state index is 6.02. The molecular weight excluding hydrogens is 538 g/mol. The Balaban J connectivity index is 0.00000324. The Morgan fingerprint density at radius 1 is 1.00 bits per heavy atom. The highest BCUT2D eigenvalue weighted by Gasteiger charge is 2.12. The van der Waals surface area contributed by atoms with Gasteiger partial charge in [-0.2, -0.15) is 4.68 Å². The lowest BCUT2D eigenvalue weighted by Gasteiger charge is -2.15. The van der Waals surface area contributed by atoms with Crippen LogP contribution in [-0.2, 0) is 13.2 Å². The molecule has 1 heterocycles. The largest absolute Gasteiger partial charge is 0.493 e. The van der Waals surface area contributed by atoms with Crippen molar-refractivity contribution in [3.05, 3.63) is 88.4 Å². The summed E-state index contributed by atoms with van der Waals surface area (Å²) in [5.74, 6) is 2.24. The van der Waals surface area contributed by atoms with E-state index in [1.54, 1.807) is 23.6 Å². The van der Waals surface area contributed by atoms with Gasteiger partial charge in [-0.15, -0.1) is 17.5 Å². The van der Waals surface area contributed by atoms with Gasteiger partial charge in [0.1, 0.15) is 6.61 Å². The van der Waals surface area contributed by atoms with Crippen molar-refractivity contribution in [1.82, 2.24) is 25.5 Å². The van der Waals surface area contributed by atoms with Gasteiger partial charge < -0.3 is 14.8 Å². The van der Waals surface area contributed by atoms with E-state index >= 15 is 0 Å². The van der Waals surface area contributed by atoms with E-state index in [0.717, 1.165) is 38.7 Å². The second kappa shape index (κ2) is 13.3. The van der Waals surface area contributed by atoms with Gasteiger partial charge in [-0.3, -0.25) is 0 Å². The van der Waals surface area contributed by atoms with Crippen LogP contribution in [0, 0.1) is 0 Å². The lowest BCUT2D eigenvalue weighted by Crippen LogP contribution is -2.17. The fourth-order valence-electron chi connectivity index (χ4n) is 3.19. The molecule has 4 rings (SSSR count). The summed E-state index contributed by atoms with van der Waals surface area (Å²) in [4.78, 5) is 0. The van der Waals surface area contributed by atoms with Crippen molar-refractivity contribution in [2.75, 3.05) is 19.4 Å². The summed E-state index contributed by atoms with van der Waals surface area (Å²) in [6.07, 6.45) is 0. The van der Waals surface area contributed by atoms with Crippen LogP contribution in [0.1, 0.15) is 11.1 Å². The number of hydrogen-bond donors (Lipinski definition) is 1. The molecule has 3 aromatic carbocycles.